The molecule has 2 bridgehead atoms. The second-order valence-corrected chi connectivity index (χ2v) is 8.70. The summed E-state index contributed by atoms with van der Waals surface area (Å²) in [5.74, 6) is -0.110. The predicted molar refractivity (Wildman–Crippen MR) is 106 cm³/mol. The molecule has 27 heavy (non-hydrogen) atoms. The van der Waals surface area contributed by atoms with Crippen molar-refractivity contribution in [2.24, 2.45) is 0 Å². The SMILES string of the molecule is COC(=O)CCCc1ccc2c(c1)CCC2.O=S1(=O)Nc2ccc1c(Cl)c2. The molecule has 0 amide bonds. The monoisotopic (exact) mass is 407 g/mol. The topological polar surface area (TPSA) is 72.5 Å². The van der Waals surface area contributed by atoms with E-state index in [4.69, 9.17) is 11.6 Å². The maximum atomic E-state index is 11.1. The number of sulfonamides is 1. The first-order valence-electron chi connectivity index (χ1n) is 8.89. The van der Waals surface area contributed by atoms with Crippen LogP contribution in [-0.2, 0) is 38.8 Å². The van der Waals surface area contributed by atoms with Crippen LogP contribution in [0.15, 0.2) is 41.3 Å². The summed E-state index contributed by atoms with van der Waals surface area (Å²) in [6, 6.07) is 11.5. The van der Waals surface area contributed by atoms with E-state index < -0.39 is 10.0 Å². The van der Waals surface area contributed by atoms with Crippen molar-refractivity contribution in [2.45, 2.75) is 43.4 Å². The van der Waals surface area contributed by atoms with Gasteiger partial charge in [-0.25, -0.2) is 8.42 Å². The highest BCUT2D eigenvalue weighted by molar-refractivity contribution is 7.93. The number of carbonyl (C=O) groups is 1. The number of nitrogens with one attached hydrogen (secondary N) is 1. The van der Waals surface area contributed by atoms with E-state index in [0.29, 0.717) is 12.1 Å². The number of anilines is 1. The van der Waals surface area contributed by atoms with E-state index in [0.717, 1.165) is 12.8 Å². The fraction of sp³-hybridized carbons (Fsp3) is 0.350. The lowest BCUT2D eigenvalue weighted by Gasteiger charge is -2.15. The molecule has 5 rings (SSSR count). The van der Waals surface area contributed by atoms with Gasteiger partial charge in [-0.05, 0) is 67.0 Å². The summed E-state index contributed by atoms with van der Waals surface area (Å²) in [5.41, 5.74) is 4.89. The molecule has 2 aromatic carbocycles. The molecule has 2 aliphatic heterocycles. The van der Waals surface area contributed by atoms with Gasteiger partial charge in [0.25, 0.3) is 10.0 Å². The fourth-order valence-electron chi connectivity index (χ4n) is 3.31. The number of benzene rings is 2. The maximum absolute atomic E-state index is 11.1. The van der Waals surface area contributed by atoms with Crippen molar-refractivity contribution in [3.05, 3.63) is 58.1 Å². The van der Waals surface area contributed by atoms with Gasteiger partial charge in [-0.2, -0.15) is 0 Å². The summed E-state index contributed by atoms with van der Waals surface area (Å²) in [6.45, 7) is 0. The number of esters is 1. The third kappa shape index (κ3) is 4.82. The number of hydrogen-bond donors (Lipinski definition) is 1. The van der Waals surface area contributed by atoms with E-state index in [1.165, 1.54) is 49.1 Å². The Bertz CT molecular complexity index is 956. The lowest BCUT2D eigenvalue weighted by atomic mass is 10.0. The Balaban J connectivity index is 0.000000166. The van der Waals surface area contributed by atoms with Crippen LogP contribution in [0.25, 0.3) is 0 Å². The summed E-state index contributed by atoms with van der Waals surface area (Å²) in [7, 11) is -1.89. The van der Waals surface area contributed by atoms with Crippen LogP contribution < -0.4 is 4.72 Å². The third-order valence-electron chi connectivity index (χ3n) is 4.71. The van der Waals surface area contributed by atoms with E-state index >= 15 is 0 Å². The Labute approximate surface area is 164 Å². The largest absolute Gasteiger partial charge is 0.469 e. The van der Waals surface area contributed by atoms with E-state index in [-0.39, 0.29) is 15.9 Å². The zero-order chi connectivity index (χ0) is 19.4. The van der Waals surface area contributed by atoms with Gasteiger partial charge < -0.3 is 4.74 Å². The molecular formula is C20H22ClNO4S. The second kappa shape index (κ2) is 8.31. The average molecular weight is 408 g/mol. The minimum Gasteiger partial charge on any atom is -0.469 e. The number of rotatable bonds is 4. The smallest absolute Gasteiger partial charge is 0.305 e. The van der Waals surface area contributed by atoms with Crippen LogP contribution in [0.3, 0.4) is 0 Å². The Morgan fingerprint density at radius 2 is 1.93 bits per heavy atom. The van der Waals surface area contributed by atoms with Gasteiger partial charge in [-0.3, -0.25) is 9.52 Å². The van der Waals surface area contributed by atoms with Gasteiger partial charge in [0.2, 0.25) is 0 Å². The van der Waals surface area contributed by atoms with Crippen molar-refractivity contribution >= 4 is 33.3 Å². The highest BCUT2D eigenvalue weighted by atomic mass is 35.5. The summed E-state index contributed by atoms with van der Waals surface area (Å²) in [4.78, 5) is 11.1. The van der Waals surface area contributed by atoms with Crippen molar-refractivity contribution in [3.63, 3.8) is 0 Å². The minimum atomic E-state index is -3.33. The summed E-state index contributed by atoms with van der Waals surface area (Å²) < 4.78 is 29.2. The molecular weight excluding hydrogens is 386 g/mol. The number of methoxy groups -OCH3 is 1. The first-order valence-corrected chi connectivity index (χ1v) is 10.7. The molecule has 0 spiro atoms. The van der Waals surface area contributed by atoms with Crippen LogP contribution in [0, 0.1) is 0 Å². The van der Waals surface area contributed by atoms with Crippen molar-refractivity contribution in [1.29, 1.82) is 0 Å². The molecule has 0 saturated carbocycles. The van der Waals surface area contributed by atoms with Gasteiger partial charge in [0.1, 0.15) is 4.90 Å². The molecule has 7 heteroatoms. The molecule has 0 fully saturated rings. The van der Waals surface area contributed by atoms with Crippen molar-refractivity contribution in [2.75, 3.05) is 11.8 Å². The normalized spacial score (nSPS) is 15.3. The lowest BCUT2D eigenvalue weighted by Crippen LogP contribution is -2.17. The average Bonchev–Trinajstić information content (AvgIpc) is 3.09. The van der Waals surface area contributed by atoms with E-state index in [1.54, 1.807) is 12.1 Å². The Morgan fingerprint density at radius 3 is 2.56 bits per heavy atom. The van der Waals surface area contributed by atoms with Crippen LogP contribution in [0.2, 0.25) is 5.02 Å². The molecule has 2 aromatic rings. The highest BCUT2D eigenvalue weighted by Gasteiger charge is 2.23. The number of aryl methyl sites for hydroxylation is 3. The Kier molecular flexibility index (Phi) is 6.07. The molecule has 1 N–H and O–H groups in total. The lowest BCUT2D eigenvalue weighted by molar-refractivity contribution is -0.140. The van der Waals surface area contributed by atoms with Crippen LogP contribution in [0.5, 0.6) is 0 Å². The number of ether oxygens (including phenoxy) is 1. The third-order valence-corrected chi connectivity index (χ3v) is 6.57. The summed E-state index contributed by atoms with van der Waals surface area (Å²) in [6.07, 6.45) is 6.13. The van der Waals surface area contributed by atoms with Gasteiger partial charge in [0.15, 0.2) is 0 Å². The summed E-state index contributed by atoms with van der Waals surface area (Å²) >= 11 is 5.63. The number of hydrogen-bond acceptors (Lipinski definition) is 4. The Hall–Kier alpha value is -2.05. The van der Waals surface area contributed by atoms with Gasteiger partial charge >= 0.3 is 5.97 Å². The first kappa shape index (κ1) is 19.7. The molecule has 0 atom stereocenters. The molecule has 2 heterocycles. The molecule has 0 saturated heterocycles. The van der Waals surface area contributed by atoms with E-state index in [9.17, 15) is 13.2 Å². The summed E-state index contributed by atoms with van der Waals surface area (Å²) in [5, 5.41) is 0.279. The highest BCUT2D eigenvalue weighted by Crippen LogP contribution is 2.31. The van der Waals surface area contributed by atoms with Gasteiger partial charge in [0.05, 0.1) is 17.8 Å². The minimum absolute atomic E-state index is 0.110. The number of halogens is 1. The van der Waals surface area contributed by atoms with Crippen LogP contribution >= 0.6 is 11.6 Å². The van der Waals surface area contributed by atoms with Crippen LogP contribution in [-0.4, -0.2) is 21.5 Å². The second-order valence-electron chi connectivity index (χ2n) is 6.64. The van der Waals surface area contributed by atoms with Crippen molar-refractivity contribution in [3.8, 4) is 0 Å². The van der Waals surface area contributed by atoms with Gasteiger partial charge in [-0.1, -0.05) is 29.8 Å². The van der Waals surface area contributed by atoms with Crippen LogP contribution in [0.4, 0.5) is 5.69 Å². The maximum Gasteiger partial charge on any atom is 0.305 e. The zero-order valence-corrected chi connectivity index (χ0v) is 16.7. The van der Waals surface area contributed by atoms with Crippen LogP contribution in [0.1, 0.15) is 36.0 Å². The molecule has 144 valence electrons. The number of carbonyl (C=O) groups excluding carboxylic acids is 1. The zero-order valence-electron chi connectivity index (χ0n) is 15.1. The first-order chi connectivity index (χ1) is 12.9. The van der Waals surface area contributed by atoms with Crippen molar-refractivity contribution < 1.29 is 17.9 Å². The predicted octanol–water partition coefficient (Wildman–Crippen LogP) is 4.13. The molecule has 0 aromatic heterocycles. The van der Waals surface area contributed by atoms with Gasteiger partial charge in [0, 0.05) is 6.42 Å². The van der Waals surface area contributed by atoms with Crippen molar-refractivity contribution in [1.82, 2.24) is 0 Å². The van der Waals surface area contributed by atoms with Gasteiger partial charge in [-0.15, -0.1) is 0 Å². The molecule has 0 unspecified atom stereocenters. The molecule has 3 aliphatic rings. The molecule has 1 aliphatic carbocycles. The fourth-order valence-corrected chi connectivity index (χ4v) is 4.91. The quantitative estimate of drug-likeness (QED) is 0.773. The number of fused-ring (bicyclic) bond motifs is 4. The molecule has 0 radical (unpaired) electrons. The van der Waals surface area contributed by atoms with E-state index in [2.05, 4.69) is 27.7 Å². The van der Waals surface area contributed by atoms with E-state index in [1.807, 2.05) is 0 Å². The Morgan fingerprint density at radius 1 is 1.15 bits per heavy atom. The standard InChI is InChI=1S/C14H18O2.C6H4ClNO2S/c1-16-14(15)7-2-4-11-8-9-12-5-3-6-13(12)10-11;7-5-3-4-1-2-6(5)11(9,10)8-4/h8-10H,2-7H2,1H3;1-3,8H. The molecule has 5 nitrogen and oxygen atoms in total.